The molecule has 0 fully saturated rings. The molecule has 3 aromatic heterocycles. The zero-order valence-electron chi connectivity index (χ0n) is 14.9. The maximum atomic E-state index is 4.77. The highest BCUT2D eigenvalue weighted by Crippen LogP contribution is 2.26. The van der Waals surface area contributed by atoms with E-state index in [4.69, 9.17) is 4.98 Å². The molecule has 4 rings (SSSR count). The molecule has 0 bridgehead atoms. The van der Waals surface area contributed by atoms with E-state index in [-0.39, 0.29) is 0 Å². The monoisotopic (exact) mass is 352 g/mol. The molecule has 0 unspecified atom stereocenters. The van der Waals surface area contributed by atoms with Gasteiger partial charge in [0.15, 0.2) is 0 Å². The standard InChI is InChI=1S/C23H20N4/c1-2-6-19(7-3-1)21-13-22(16-26-15-18-5-4-10-25-14-18)23(27-17-21)20-8-11-24-12-9-20/h1-14,17,26H,15-16H2. The molecule has 0 saturated heterocycles. The molecule has 0 aliphatic carbocycles. The van der Waals surface area contributed by atoms with Gasteiger partial charge in [-0.2, -0.15) is 0 Å². The van der Waals surface area contributed by atoms with Gasteiger partial charge < -0.3 is 5.32 Å². The second kappa shape index (κ2) is 8.34. The summed E-state index contributed by atoms with van der Waals surface area (Å²) in [6, 6.07) is 20.6. The number of nitrogens with zero attached hydrogens (tertiary/aromatic N) is 3. The van der Waals surface area contributed by atoms with Crippen LogP contribution >= 0.6 is 0 Å². The molecule has 0 radical (unpaired) electrons. The minimum atomic E-state index is 0.722. The SMILES string of the molecule is c1ccc(-c2cnc(-c3ccncc3)c(CNCc3cccnc3)c2)cc1. The zero-order chi connectivity index (χ0) is 18.3. The Bertz CT molecular complexity index is 987. The van der Waals surface area contributed by atoms with Gasteiger partial charge in [-0.1, -0.05) is 36.4 Å². The van der Waals surface area contributed by atoms with E-state index in [1.165, 1.54) is 5.56 Å². The normalized spacial score (nSPS) is 10.7. The zero-order valence-corrected chi connectivity index (χ0v) is 14.9. The number of benzene rings is 1. The Hall–Kier alpha value is -3.37. The van der Waals surface area contributed by atoms with Crippen molar-refractivity contribution in [1.29, 1.82) is 0 Å². The van der Waals surface area contributed by atoms with Crippen molar-refractivity contribution in [2.24, 2.45) is 0 Å². The third kappa shape index (κ3) is 4.25. The maximum Gasteiger partial charge on any atom is 0.0748 e. The fraction of sp³-hybridized carbons (Fsp3) is 0.0870. The van der Waals surface area contributed by atoms with Crippen molar-refractivity contribution in [2.45, 2.75) is 13.1 Å². The van der Waals surface area contributed by atoms with Crippen LogP contribution in [-0.4, -0.2) is 15.0 Å². The van der Waals surface area contributed by atoms with Crippen molar-refractivity contribution in [3.05, 3.63) is 103 Å². The molecule has 132 valence electrons. The quantitative estimate of drug-likeness (QED) is 0.555. The smallest absolute Gasteiger partial charge is 0.0748 e. The molecule has 0 amide bonds. The highest BCUT2D eigenvalue weighted by molar-refractivity contribution is 5.69. The Labute approximate surface area is 159 Å². The Morgan fingerprint density at radius 1 is 0.667 bits per heavy atom. The second-order valence-electron chi connectivity index (χ2n) is 6.30. The third-order valence-electron chi connectivity index (χ3n) is 4.39. The number of nitrogens with one attached hydrogen (secondary N) is 1. The van der Waals surface area contributed by atoms with E-state index >= 15 is 0 Å². The van der Waals surface area contributed by atoms with Crippen LogP contribution < -0.4 is 5.32 Å². The van der Waals surface area contributed by atoms with E-state index in [0.717, 1.165) is 41.0 Å². The lowest BCUT2D eigenvalue weighted by Gasteiger charge is -2.12. The summed E-state index contributed by atoms with van der Waals surface area (Å²) < 4.78 is 0. The summed E-state index contributed by atoms with van der Waals surface area (Å²) in [6.07, 6.45) is 9.22. The number of rotatable bonds is 6. The summed E-state index contributed by atoms with van der Waals surface area (Å²) >= 11 is 0. The van der Waals surface area contributed by atoms with Gasteiger partial charge in [0.2, 0.25) is 0 Å². The van der Waals surface area contributed by atoms with Gasteiger partial charge in [-0.05, 0) is 41.0 Å². The first-order valence-electron chi connectivity index (χ1n) is 8.94. The van der Waals surface area contributed by atoms with Crippen molar-refractivity contribution in [3.63, 3.8) is 0 Å². The summed E-state index contributed by atoms with van der Waals surface area (Å²) in [5, 5.41) is 3.51. The van der Waals surface area contributed by atoms with Crippen LogP contribution in [0.15, 0.2) is 91.6 Å². The van der Waals surface area contributed by atoms with Crippen LogP contribution in [0.2, 0.25) is 0 Å². The van der Waals surface area contributed by atoms with Gasteiger partial charge in [0, 0.05) is 55.2 Å². The Morgan fingerprint density at radius 2 is 1.52 bits per heavy atom. The van der Waals surface area contributed by atoms with E-state index in [2.05, 4.69) is 39.6 Å². The van der Waals surface area contributed by atoms with E-state index in [1.54, 1.807) is 18.6 Å². The van der Waals surface area contributed by atoms with E-state index < -0.39 is 0 Å². The molecule has 1 N–H and O–H groups in total. The molecular formula is C23H20N4. The molecule has 0 saturated carbocycles. The maximum absolute atomic E-state index is 4.77. The van der Waals surface area contributed by atoms with Crippen LogP contribution in [0.3, 0.4) is 0 Å². The first-order chi connectivity index (χ1) is 13.4. The fourth-order valence-corrected chi connectivity index (χ4v) is 3.05. The first-order valence-corrected chi connectivity index (χ1v) is 8.94. The topological polar surface area (TPSA) is 50.7 Å². The predicted molar refractivity (Wildman–Crippen MR) is 108 cm³/mol. The largest absolute Gasteiger partial charge is 0.308 e. The van der Waals surface area contributed by atoms with Crippen LogP contribution in [0.25, 0.3) is 22.4 Å². The second-order valence-corrected chi connectivity index (χ2v) is 6.30. The van der Waals surface area contributed by atoms with Crippen molar-refractivity contribution in [3.8, 4) is 22.4 Å². The molecule has 27 heavy (non-hydrogen) atoms. The number of pyridine rings is 3. The molecule has 1 aromatic carbocycles. The van der Waals surface area contributed by atoms with Crippen molar-refractivity contribution in [1.82, 2.24) is 20.3 Å². The molecule has 0 aliphatic heterocycles. The van der Waals surface area contributed by atoms with Crippen molar-refractivity contribution in [2.75, 3.05) is 0 Å². The molecule has 4 aromatic rings. The van der Waals surface area contributed by atoms with Crippen LogP contribution in [-0.2, 0) is 13.1 Å². The van der Waals surface area contributed by atoms with Gasteiger partial charge in [0.1, 0.15) is 0 Å². The predicted octanol–water partition coefficient (Wildman–Crippen LogP) is 4.50. The minimum Gasteiger partial charge on any atom is -0.308 e. The van der Waals surface area contributed by atoms with Gasteiger partial charge in [0.25, 0.3) is 0 Å². The minimum absolute atomic E-state index is 0.722. The first kappa shape index (κ1) is 17.1. The molecule has 3 heterocycles. The fourth-order valence-electron chi connectivity index (χ4n) is 3.05. The summed E-state index contributed by atoms with van der Waals surface area (Å²) in [5.74, 6) is 0. The number of hydrogen-bond donors (Lipinski definition) is 1. The summed E-state index contributed by atoms with van der Waals surface area (Å²) in [4.78, 5) is 13.1. The van der Waals surface area contributed by atoms with Crippen LogP contribution in [0, 0.1) is 0 Å². The Morgan fingerprint density at radius 3 is 2.30 bits per heavy atom. The number of aromatic nitrogens is 3. The van der Waals surface area contributed by atoms with E-state index in [0.29, 0.717) is 0 Å². The van der Waals surface area contributed by atoms with Crippen LogP contribution in [0.5, 0.6) is 0 Å². The molecule has 4 nitrogen and oxygen atoms in total. The van der Waals surface area contributed by atoms with Gasteiger partial charge >= 0.3 is 0 Å². The van der Waals surface area contributed by atoms with E-state index in [1.807, 2.05) is 48.8 Å². The molecule has 4 heteroatoms. The number of hydrogen-bond acceptors (Lipinski definition) is 4. The summed E-state index contributed by atoms with van der Waals surface area (Å²) in [6.45, 7) is 1.49. The lowest BCUT2D eigenvalue weighted by Crippen LogP contribution is -2.14. The molecular weight excluding hydrogens is 332 g/mol. The van der Waals surface area contributed by atoms with Crippen LogP contribution in [0.1, 0.15) is 11.1 Å². The summed E-state index contributed by atoms with van der Waals surface area (Å²) in [5.41, 5.74) is 6.66. The third-order valence-corrected chi connectivity index (χ3v) is 4.39. The Kier molecular flexibility index (Phi) is 5.27. The highest BCUT2D eigenvalue weighted by Gasteiger charge is 2.09. The highest BCUT2D eigenvalue weighted by atomic mass is 14.9. The Balaban J connectivity index is 1.63. The van der Waals surface area contributed by atoms with Crippen molar-refractivity contribution >= 4 is 0 Å². The molecule has 0 aliphatic rings. The average Bonchev–Trinajstić information content (AvgIpc) is 2.76. The van der Waals surface area contributed by atoms with Crippen molar-refractivity contribution < 1.29 is 0 Å². The van der Waals surface area contributed by atoms with E-state index in [9.17, 15) is 0 Å². The van der Waals surface area contributed by atoms with Crippen LogP contribution in [0.4, 0.5) is 0 Å². The van der Waals surface area contributed by atoms with Gasteiger partial charge in [-0.15, -0.1) is 0 Å². The average molecular weight is 352 g/mol. The molecule has 0 atom stereocenters. The van der Waals surface area contributed by atoms with Gasteiger partial charge in [0.05, 0.1) is 5.69 Å². The summed E-state index contributed by atoms with van der Waals surface area (Å²) in [7, 11) is 0. The van der Waals surface area contributed by atoms with Gasteiger partial charge in [-0.3, -0.25) is 15.0 Å². The molecule has 0 spiro atoms. The lowest BCUT2D eigenvalue weighted by atomic mass is 10.0. The lowest BCUT2D eigenvalue weighted by molar-refractivity contribution is 0.691. The van der Waals surface area contributed by atoms with Gasteiger partial charge in [-0.25, -0.2) is 0 Å².